The third-order valence-electron chi connectivity index (χ3n) is 11.0. The highest BCUT2D eigenvalue weighted by Gasteiger charge is 2.19. The first kappa shape index (κ1) is 55.1. The Morgan fingerprint density at radius 1 is 0.500 bits per heavy atom. The maximum Gasteiger partial charge on any atom is 0.308 e. The summed E-state index contributed by atoms with van der Waals surface area (Å²) in [6, 6.07) is 0. The van der Waals surface area contributed by atoms with Crippen LogP contribution in [-0.2, 0) is 19.1 Å². The molecule has 0 saturated heterocycles. The zero-order chi connectivity index (χ0) is 40.0. The second-order valence-corrected chi connectivity index (χ2v) is 16.3. The highest BCUT2D eigenvalue weighted by molar-refractivity contribution is 5.72. The molecular weight excluding hydrogens is 671 g/mol. The van der Waals surface area contributed by atoms with Gasteiger partial charge in [-0.1, -0.05) is 182 Å². The Kier molecular flexibility index (Phi) is 49.2. The molecule has 6 heteroatoms. The lowest BCUT2D eigenvalue weighted by Gasteiger charge is -2.22. The first-order valence-corrected chi connectivity index (χ1v) is 24.0. The standard InChI is InChI=1S/C32H65NO4.C16H32O/c1-4-6-8-10-11-17-24-31(23-16-9-7-5-2)32(35)37-30-21-15-13-19-26-33(27-22-28-34)25-18-12-14-20-29-36-3;1-3-5-7-9-10-12-14-16(15-17)13-11-8-6-4-2/h31,34H,4-30H2,1-3H3;15-16H,3-14H2,1-2H3. The lowest BCUT2D eigenvalue weighted by Crippen LogP contribution is -2.28. The summed E-state index contributed by atoms with van der Waals surface area (Å²) in [6.45, 7) is 13.9. The summed E-state index contributed by atoms with van der Waals surface area (Å²) in [6.07, 6.45) is 41.3. The van der Waals surface area contributed by atoms with Gasteiger partial charge in [0.15, 0.2) is 0 Å². The fraction of sp³-hybridized carbons (Fsp3) is 0.958. The predicted octanol–water partition coefficient (Wildman–Crippen LogP) is 13.8. The topological polar surface area (TPSA) is 76.1 Å². The van der Waals surface area contributed by atoms with Crippen LogP contribution in [0.25, 0.3) is 0 Å². The summed E-state index contributed by atoms with van der Waals surface area (Å²) < 4.78 is 10.9. The van der Waals surface area contributed by atoms with Crippen molar-refractivity contribution in [3.63, 3.8) is 0 Å². The van der Waals surface area contributed by atoms with Gasteiger partial charge in [-0.3, -0.25) is 4.79 Å². The predicted molar refractivity (Wildman–Crippen MR) is 234 cm³/mol. The molecule has 0 aromatic heterocycles. The van der Waals surface area contributed by atoms with Crippen molar-refractivity contribution in [2.75, 3.05) is 46.6 Å². The van der Waals surface area contributed by atoms with Crippen LogP contribution in [0.15, 0.2) is 0 Å². The van der Waals surface area contributed by atoms with E-state index in [1.807, 2.05) is 0 Å². The van der Waals surface area contributed by atoms with E-state index in [1.165, 1.54) is 154 Å². The number of rotatable bonds is 43. The number of methoxy groups -OCH3 is 1. The summed E-state index contributed by atoms with van der Waals surface area (Å²) in [7, 11) is 1.77. The number of aliphatic hydroxyl groups is 1. The maximum absolute atomic E-state index is 12.8. The van der Waals surface area contributed by atoms with Gasteiger partial charge in [0.25, 0.3) is 0 Å². The van der Waals surface area contributed by atoms with Crippen molar-refractivity contribution < 1.29 is 24.2 Å². The van der Waals surface area contributed by atoms with Crippen molar-refractivity contribution in [1.29, 1.82) is 0 Å². The van der Waals surface area contributed by atoms with Gasteiger partial charge >= 0.3 is 5.97 Å². The second-order valence-electron chi connectivity index (χ2n) is 16.3. The van der Waals surface area contributed by atoms with E-state index >= 15 is 0 Å². The monoisotopic (exact) mass is 768 g/mol. The van der Waals surface area contributed by atoms with Crippen molar-refractivity contribution in [3.05, 3.63) is 0 Å². The summed E-state index contributed by atoms with van der Waals surface area (Å²) >= 11 is 0. The average molecular weight is 768 g/mol. The van der Waals surface area contributed by atoms with Gasteiger partial charge in [-0.2, -0.15) is 0 Å². The molecule has 0 rings (SSSR count). The molecule has 6 nitrogen and oxygen atoms in total. The SMILES string of the molecule is CCCCCCCCC(C=O)CCCCCC.CCCCCCCCC(CCCCCC)C(=O)OCCCCCCN(CCCO)CCCCCCOC. The molecule has 0 aromatic carbocycles. The van der Waals surface area contributed by atoms with Gasteiger partial charge in [0, 0.05) is 32.8 Å². The van der Waals surface area contributed by atoms with E-state index in [4.69, 9.17) is 9.47 Å². The van der Waals surface area contributed by atoms with Gasteiger partial charge in [0.1, 0.15) is 6.29 Å². The molecule has 2 atom stereocenters. The molecule has 54 heavy (non-hydrogen) atoms. The number of ether oxygens (including phenoxy) is 2. The molecule has 0 amide bonds. The number of carbonyl (C=O) groups is 2. The van der Waals surface area contributed by atoms with Crippen LogP contribution in [0.2, 0.25) is 0 Å². The highest BCUT2D eigenvalue weighted by atomic mass is 16.5. The van der Waals surface area contributed by atoms with Gasteiger partial charge in [-0.15, -0.1) is 0 Å². The van der Waals surface area contributed by atoms with Crippen LogP contribution >= 0.6 is 0 Å². The van der Waals surface area contributed by atoms with Gasteiger partial charge in [0.05, 0.1) is 12.5 Å². The van der Waals surface area contributed by atoms with Crippen LogP contribution in [0.3, 0.4) is 0 Å². The Morgan fingerprint density at radius 2 is 0.870 bits per heavy atom. The van der Waals surface area contributed by atoms with Crippen molar-refractivity contribution in [3.8, 4) is 0 Å². The number of esters is 1. The van der Waals surface area contributed by atoms with Crippen molar-refractivity contribution in [2.24, 2.45) is 11.8 Å². The Balaban J connectivity index is 0. The summed E-state index contributed by atoms with van der Waals surface area (Å²) in [4.78, 5) is 26.2. The van der Waals surface area contributed by atoms with E-state index in [-0.39, 0.29) is 18.5 Å². The van der Waals surface area contributed by atoms with Crippen LogP contribution in [-0.4, -0.2) is 68.8 Å². The quantitative estimate of drug-likeness (QED) is 0.0378. The van der Waals surface area contributed by atoms with Crippen molar-refractivity contribution in [1.82, 2.24) is 4.90 Å². The minimum absolute atomic E-state index is 0.0609. The minimum Gasteiger partial charge on any atom is -0.465 e. The van der Waals surface area contributed by atoms with E-state index in [2.05, 4.69) is 32.6 Å². The first-order chi connectivity index (χ1) is 26.5. The van der Waals surface area contributed by atoms with Crippen LogP contribution in [0.1, 0.15) is 240 Å². The maximum atomic E-state index is 12.8. The smallest absolute Gasteiger partial charge is 0.308 e. The van der Waals surface area contributed by atoms with E-state index in [9.17, 15) is 14.7 Å². The average Bonchev–Trinajstić information content (AvgIpc) is 3.18. The van der Waals surface area contributed by atoms with E-state index in [0.717, 1.165) is 90.4 Å². The lowest BCUT2D eigenvalue weighted by atomic mass is 9.94. The molecule has 0 fully saturated rings. The molecule has 0 radical (unpaired) electrons. The van der Waals surface area contributed by atoms with Gasteiger partial charge in [-0.25, -0.2) is 0 Å². The number of hydrogen-bond donors (Lipinski definition) is 1. The molecule has 0 saturated carbocycles. The summed E-state index contributed by atoms with van der Waals surface area (Å²) in [5.74, 6) is 0.515. The van der Waals surface area contributed by atoms with E-state index < -0.39 is 0 Å². The number of aldehydes is 1. The van der Waals surface area contributed by atoms with Gasteiger partial charge < -0.3 is 24.3 Å². The number of hydrogen-bond acceptors (Lipinski definition) is 6. The molecule has 0 aromatic rings. The fourth-order valence-corrected chi connectivity index (χ4v) is 7.32. The first-order valence-electron chi connectivity index (χ1n) is 24.0. The molecule has 0 heterocycles. The molecule has 0 spiro atoms. The van der Waals surface area contributed by atoms with Gasteiger partial charge in [0.2, 0.25) is 0 Å². The largest absolute Gasteiger partial charge is 0.465 e. The Labute approximate surface area is 338 Å². The normalized spacial score (nSPS) is 12.4. The zero-order valence-corrected chi connectivity index (χ0v) is 37.3. The molecule has 0 bridgehead atoms. The summed E-state index contributed by atoms with van der Waals surface area (Å²) in [5, 5.41) is 9.22. The molecule has 0 aliphatic rings. The zero-order valence-electron chi connectivity index (χ0n) is 37.3. The van der Waals surface area contributed by atoms with Gasteiger partial charge in [-0.05, 0) is 70.9 Å². The Morgan fingerprint density at radius 3 is 1.31 bits per heavy atom. The third-order valence-corrected chi connectivity index (χ3v) is 11.0. The third kappa shape index (κ3) is 42.2. The number of carbonyl (C=O) groups excluding carboxylic acids is 2. The molecule has 2 unspecified atom stereocenters. The number of aliphatic hydroxyl groups excluding tert-OH is 1. The van der Waals surface area contributed by atoms with Crippen molar-refractivity contribution in [2.45, 2.75) is 240 Å². The molecule has 0 aliphatic carbocycles. The number of nitrogens with zero attached hydrogens (tertiary/aromatic N) is 1. The van der Waals surface area contributed by atoms with Crippen LogP contribution in [0.5, 0.6) is 0 Å². The fourth-order valence-electron chi connectivity index (χ4n) is 7.32. The molecule has 324 valence electrons. The Bertz CT molecular complexity index is 719. The molecular formula is C48H97NO5. The van der Waals surface area contributed by atoms with E-state index in [1.54, 1.807) is 7.11 Å². The lowest BCUT2D eigenvalue weighted by molar-refractivity contribution is -0.149. The van der Waals surface area contributed by atoms with E-state index in [0.29, 0.717) is 12.5 Å². The van der Waals surface area contributed by atoms with Crippen molar-refractivity contribution >= 4 is 12.3 Å². The molecule has 0 aliphatic heterocycles. The summed E-state index contributed by atoms with van der Waals surface area (Å²) in [5.41, 5.74) is 0. The molecule has 1 N–H and O–H groups in total. The second kappa shape index (κ2) is 48.2. The number of unbranched alkanes of at least 4 members (excludes halogenated alkanes) is 22. The van der Waals surface area contributed by atoms with Crippen LogP contribution in [0, 0.1) is 11.8 Å². The minimum atomic E-state index is 0.0609. The highest BCUT2D eigenvalue weighted by Crippen LogP contribution is 2.21. The van der Waals surface area contributed by atoms with Crippen LogP contribution < -0.4 is 0 Å². The van der Waals surface area contributed by atoms with Crippen LogP contribution in [0.4, 0.5) is 0 Å². The Hall–Kier alpha value is -0.980.